The molecular formula is C11H22N2O4S. The van der Waals surface area contributed by atoms with Crippen molar-refractivity contribution < 1.29 is 17.9 Å². The van der Waals surface area contributed by atoms with Gasteiger partial charge in [0.15, 0.2) is 0 Å². The van der Waals surface area contributed by atoms with Crippen molar-refractivity contribution in [3.63, 3.8) is 0 Å². The fourth-order valence-electron chi connectivity index (χ4n) is 2.20. The summed E-state index contributed by atoms with van der Waals surface area (Å²) in [5, 5.41) is 0. The van der Waals surface area contributed by atoms with Gasteiger partial charge in [0.05, 0.1) is 7.11 Å². The number of nitrogens with one attached hydrogen (secondary N) is 1. The van der Waals surface area contributed by atoms with E-state index < -0.39 is 21.7 Å². The molecule has 0 bridgehead atoms. The van der Waals surface area contributed by atoms with Crippen LogP contribution in [0.3, 0.4) is 0 Å². The molecular weight excluding hydrogens is 256 g/mol. The highest BCUT2D eigenvalue weighted by atomic mass is 32.2. The Bertz CT molecular complexity index is 390. The largest absolute Gasteiger partial charge is 0.468 e. The quantitative estimate of drug-likeness (QED) is 0.724. The van der Waals surface area contributed by atoms with Crippen LogP contribution in [0.5, 0.6) is 0 Å². The molecule has 1 atom stereocenters. The van der Waals surface area contributed by atoms with Gasteiger partial charge in [-0.25, -0.2) is 0 Å². The van der Waals surface area contributed by atoms with E-state index in [9.17, 15) is 13.2 Å². The lowest BCUT2D eigenvalue weighted by atomic mass is 9.98. The van der Waals surface area contributed by atoms with Crippen LogP contribution < -0.4 is 4.72 Å². The van der Waals surface area contributed by atoms with Gasteiger partial charge in [-0.1, -0.05) is 13.3 Å². The first-order valence-electron chi connectivity index (χ1n) is 6.23. The highest BCUT2D eigenvalue weighted by Crippen LogP contribution is 2.19. The molecule has 0 aromatic rings. The van der Waals surface area contributed by atoms with E-state index >= 15 is 0 Å². The van der Waals surface area contributed by atoms with Crippen molar-refractivity contribution in [2.75, 3.05) is 20.2 Å². The summed E-state index contributed by atoms with van der Waals surface area (Å²) >= 11 is 0. The topological polar surface area (TPSA) is 75.7 Å². The van der Waals surface area contributed by atoms with Crippen molar-refractivity contribution in [1.29, 1.82) is 0 Å². The van der Waals surface area contributed by atoms with Gasteiger partial charge in [-0.05, 0) is 26.2 Å². The summed E-state index contributed by atoms with van der Waals surface area (Å²) in [5.74, 6) is -0.549. The van der Waals surface area contributed by atoms with Crippen LogP contribution >= 0.6 is 0 Å². The minimum Gasteiger partial charge on any atom is -0.468 e. The molecule has 1 unspecified atom stereocenters. The first kappa shape index (κ1) is 15.4. The Kier molecular flexibility index (Phi) is 5.12. The number of methoxy groups -OCH3 is 1. The Morgan fingerprint density at radius 1 is 1.39 bits per heavy atom. The molecule has 1 N–H and O–H groups in total. The molecule has 1 aliphatic heterocycles. The fraction of sp³-hybridized carbons (Fsp3) is 0.909. The van der Waals surface area contributed by atoms with E-state index in [1.54, 1.807) is 6.92 Å². The van der Waals surface area contributed by atoms with Crippen LogP contribution in [0.2, 0.25) is 0 Å². The molecule has 0 aromatic carbocycles. The van der Waals surface area contributed by atoms with E-state index in [1.807, 2.05) is 6.92 Å². The zero-order valence-electron chi connectivity index (χ0n) is 11.2. The summed E-state index contributed by atoms with van der Waals surface area (Å²) in [5.41, 5.74) is -1.19. The smallest absolute Gasteiger partial charge is 0.326 e. The zero-order chi connectivity index (χ0) is 13.8. The number of carbonyl (C=O) groups is 1. The standard InChI is InChI=1S/C11H22N2O4S/c1-4-7-11(2,10(14)17-3)12-18(15,16)13-8-5-6-9-13/h12H,4-9H2,1-3H3. The van der Waals surface area contributed by atoms with Gasteiger partial charge in [0.2, 0.25) is 0 Å². The van der Waals surface area contributed by atoms with Gasteiger partial charge in [-0.2, -0.15) is 17.4 Å². The van der Waals surface area contributed by atoms with Gasteiger partial charge in [-0.15, -0.1) is 0 Å². The SMILES string of the molecule is CCCC(C)(NS(=O)(=O)N1CCCC1)C(=O)OC. The predicted molar refractivity (Wildman–Crippen MR) is 68.2 cm³/mol. The third-order valence-electron chi connectivity index (χ3n) is 3.15. The third-order valence-corrected chi connectivity index (χ3v) is 4.90. The number of hydrogen-bond acceptors (Lipinski definition) is 4. The highest BCUT2D eigenvalue weighted by molar-refractivity contribution is 7.87. The van der Waals surface area contributed by atoms with Gasteiger partial charge < -0.3 is 4.74 Å². The van der Waals surface area contributed by atoms with Crippen LogP contribution in [-0.4, -0.2) is 44.4 Å². The maximum atomic E-state index is 12.2. The molecule has 1 fully saturated rings. The lowest BCUT2D eigenvalue weighted by Gasteiger charge is -2.29. The monoisotopic (exact) mass is 278 g/mol. The van der Waals surface area contributed by atoms with Crippen molar-refractivity contribution >= 4 is 16.2 Å². The Labute approximate surface area is 109 Å². The summed E-state index contributed by atoms with van der Waals surface area (Å²) < 4.78 is 32.9. The highest BCUT2D eigenvalue weighted by Gasteiger charge is 2.40. The molecule has 7 heteroatoms. The third kappa shape index (κ3) is 3.43. The molecule has 18 heavy (non-hydrogen) atoms. The lowest BCUT2D eigenvalue weighted by Crippen LogP contribution is -2.56. The van der Waals surface area contributed by atoms with Gasteiger partial charge in [0, 0.05) is 13.1 Å². The normalized spacial score (nSPS) is 20.6. The van der Waals surface area contributed by atoms with Crippen molar-refractivity contribution in [3.8, 4) is 0 Å². The predicted octanol–water partition coefficient (Wildman–Crippen LogP) is 0.648. The molecule has 0 spiro atoms. The molecule has 0 aliphatic carbocycles. The molecule has 106 valence electrons. The zero-order valence-corrected chi connectivity index (χ0v) is 12.0. The van der Waals surface area contributed by atoms with Crippen LogP contribution in [0, 0.1) is 0 Å². The maximum Gasteiger partial charge on any atom is 0.326 e. The van der Waals surface area contributed by atoms with E-state index in [4.69, 9.17) is 4.74 Å². The minimum atomic E-state index is -3.61. The Morgan fingerprint density at radius 3 is 2.39 bits per heavy atom. The second kappa shape index (κ2) is 5.99. The van der Waals surface area contributed by atoms with Crippen molar-refractivity contribution in [1.82, 2.24) is 9.03 Å². The number of ether oxygens (including phenoxy) is 1. The number of nitrogens with zero attached hydrogens (tertiary/aromatic N) is 1. The maximum absolute atomic E-state index is 12.2. The van der Waals surface area contributed by atoms with Crippen LogP contribution in [0.1, 0.15) is 39.5 Å². The number of carbonyl (C=O) groups excluding carboxylic acids is 1. The molecule has 0 amide bonds. The van der Waals surface area contributed by atoms with E-state index in [-0.39, 0.29) is 0 Å². The molecule has 1 saturated heterocycles. The Morgan fingerprint density at radius 2 is 1.94 bits per heavy atom. The summed E-state index contributed by atoms with van der Waals surface area (Å²) in [7, 11) is -2.35. The molecule has 0 radical (unpaired) electrons. The second-order valence-electron chi connectivity index (χ2n) is 4.79. The molecule has 1 rings (SSSR count). The van der Waals surface area contributed by atoms with E-state index in [0.29, 0.717) is 25.9 Å². The van der Waals surface area contributed by atoms with Gasteiger partial charge >= 0.3 is 5.97 Å². The summed E-state index contributed by atoms with van der Waals surface area (Å²) in [4.78, 5) is 11.7. The van der Waals surface area contributed by atoms with E-state index in [0.717, 1.165) is 12.8 Å². The van der Waals surface area contributed by atoms with E-state index in [2.05, 4.69) is 4.72 Å². The first-order chi connectivity index (χ1) is 8.35. The molecule has 1 heterocycles. The summed E-state index contributed by atoms with van der Waals surface area (Å²) in [6.07, 6.45) is 2.83. The lowest BCUT2D eigenvalue weighted by molar-refractivity contribution is -0.147. The average molecular weight is 278 g/mol. The summed E-state index contributed by atoms with van der Waals surface area (Å²) in [6, 6.07) is 0. The number of esters is 1. The second-order valence-corrected chi connectivity index (χ2v) is 6.46. The van der Waals surface area contributed by atoms with Crippen LogP contribution in [0.4, 0.5) is 0 Å². The van der Waals surface area contributed by atoms with Crippen molar-refractivity contribution in [2.24, 2.45) is 0 Å². The minimum absolute atomic E-state index is 0.409. The average Bonchev–Trinajstić information content (AvgIpc) is 2.81. The summed E-state index contributed by atoms with van der Waals surface area (Å²) in [6.45, 7) is 4.48. The van der Waals surface area contributed by atoms with Crippen LogP contribution in [0.15, 0.2) is 0 Å². The van der Waals surface area contributed by atoms with Gasteiger partial charge in [0.1, 0.15) is 5.54 Å². The van der Waals surface area contributed by atoms with E-state index in [1.165, 1.54) is 11.4 Å². The molecule has 1 aliphatic rings. The van der Waals surface area contributed by atoms with Crippen LogP contribution in [-0.2, 0) is 19.7 Å². The van der Waals surface area contributed by atoms with Crippen molar-refractivity contribution in [2.45, 2.75) is 45.1 Å². The van der Waals surface area contributed by atoms with Crippen molar-refractivity contribution in [3.05, 3.63) is 0 Å². The van der Waals surface area contributed by atoms with Crippen LogP contribution in [0.25, 0.3) is 0 Å². The molecule has 0 saturated carbocycles. The fourth-order valence-corrected chi connectivity index (χ4v) is 3.82. The molecule has 6 nitrogen and oxygen atoms in total. The number of hydrogen-bond donors (Lipinski definition) is 1. The van der Waals surface area contributed by atoms with Gasteiger partial charge in [0.25, 0.3) is 10.2 Å². The molecule has 0 aromatic heterocycles. The Hall–Kier alpha value is -0.660. The van der Waals surface area contributed by atoms with Gasteiger partial charge in [-0.3, -0.25) is 4.79 Å². The number of rotatable bonds is 6. The first-order valence-corrected chi connectivity index (χ1v) is 7.67. The Balaban J connectivity index is 2.85.